The molecule has 0 spiro atoms. The van der Waals surface area contributed by atoms with Crippen molar-refractivity contribution in [3.63, 3.8) is 0 Å². The molecule has 0 amide bonds. The van der Waals surface area contributed by atoms with Crippen LogP contribution in [-0.2, 0) is 4.29 Å². The fourth-order valence-corrected chi connectivity index (χ4v) is 1.40. The molecule has 1 fully saturated rings. The van der Waals surface area contributed by atoms with Gasteiger partial charge in [0.05, 0.1) is 11.9 Å². The molecule has 0 aliphatic heterocycles. The second-order valence-electron chi connectivity index (χ2n) is 3.08. The Bertz CT molecular complexity index is 149. The molecule has 0 heterocycles. The summed E-state index contributed by atoms with van der Waals surface area (Å²) >= 11 is 9.16. The summed E-state index contributed by atoms with van der Waals surface area (Å²) < 4.78 is 4.45. The molecule has 0 radical (unpaired) electrons. The van der Waals surface area contributed by atoms with Crippen LogP contribution < -0.4 is 0 Å². The molecule has 1 saturated carbocycles. The van der Waals surface area contributed by atoms with Gasteiger partial charge in [0.2, 0.25) is 0 Å². The van der Waals surface area contributed by atoms with E-state index in [1.165, 1.54) is 12.8 Å². The van der Waals surface area contributed by atoms with E-state index >= 15 is 0 Å². The van der Waals surface area contributed by atoms with Gasteiger partial charge in [-0.1, -0.05) is 13.0 Å². The minimum atomic E-state index is -0.260. The second kappa shape index (κ2) is 4.39. The standard InChI is InChI=1S/C8H13ClOS/c1-6-2-3-7(6)4-5-8(11)10-9/h4-8,11H,2-3H2,1H3/t6-,7?,8?/m1/s1. The summed E-state index contributed by atoms with van der Waals surface area (Å²) in [5.41, 5.74) is -0.260. The molecular formula is C8H13ClOS. The third-order valence-electron chi connectivity index (χ3n) is 2.30. The van der Waals surface area contributed by atoms with Gasteiger partial charge in [0.25, 0.3) is 0 Å². The Kier molecular flexibility index (Phi) is 3.76. The maximum Gasteiger partial charge on any atom is 0.140 e. The van der Waals surface area contributed by atoms with Gasteiger partial charge in [-0.25, -0.2) is 0 Å². The quantitative estimate of drug-likeness (QED) is 0.411. The van der Waals surface area contributed by atoms with E-state index in [1.807, 2.05) is 6.08 Å². The molecule has 11 heavy (non-hydrogen) atoms. The average Bonchev–Trinajstić information content (AvgIpc) is 2.01. The molecule has 2 unspecified atom stereocenters. The first kappa shape index (κ1) is 9.43. The number of hydrogen-bond donors (Lipinski definition) is 1. The van der Waals surface area contributed by atoms with Gasteiger partial charge in [0.1, 0.15) is 5.44 Å². The summed E-state index contributed by atoms with van der Waals surface area (Å²) in [6.45, 7) is 2.26. The Hall–Kier alpha value is 0.340. The molecule has 1 rings (SSSR count). The highest BCUT2D eigenvalue weighted by molar-refractivity contribution is 7.81. The molecule has 1 aliphatic carbocycles. The van der Waals surface area contributed by atoms with Crippen LogP contribution in [0.4, 0.5) is 0 Å². The number of thiol groups is 1. The van der Waals surface area contributed by atoms with Gasteiger partial charge in [-0.2, -0.15) is 0 Å². The Balaban J connectivity index is 2.23. The fourth-order valence-electron chi connectivity index (χ4n) is 1.25. The van der Waals surface area contributed by atoms with Gasteiger partial charge in [-0.05, 0) is 30.8 Å². The lowest BCUT2D eigenvalue weighted by atomic mass is 9.75. The molecule has 1 aliphatic rings. The first-order chi connectivity index (χ1) is 5.24. The smallest absolute Gasteiger partial charge is 0.140 e. The molecule has 64 valence electrons. The molecule has 1 nitrogen and oxygen atoms in total. The van der Waals surface area contributed by atoms with Crippen molar-refractivity contribution in [3.05, 3.63) is 12.2 Å². The molecule has 0 aromatic carbocycles. The normalized spacial score (nSPS) is 33.7. The predicted molar refractivity (Wildman–Crippen MR) is 50.7 cm³/mol. The van der Waals surface area contributed by atoms with E-state index in [0.717, 1.165) is 11.8 Å². The SMILES string of the molecule is C[C@@H]1CCC1C=CC(S)OCl. The van der Waals surface area contributed by atoms with Crippen LogP contribution >= 0.6 is 24.5 Å². The number of rotatable bonds is 3. The first-order valence-corrected chi connectivity index (χ1v) is 4.70. The molecule has 0 saturated heterocycles. The van der Waals surface area contributed by atoms with Gasteiger partial charge in [-0.15, -0.1) is 12.6 Å². The highest BCUT2D eigenvalue weighted by Gasteiger charge is 2.23. The van der Waals surface area contributed by atoms with E-state index < -0.39 is 0 Å². The molecule has 0 N–H and O–H groups in total. The second-order valence-corrected chi connectivity index (χ2v) is 3.77. The van der Waals surface area contributed by atoms with Crippen molar-refractivity contribution in [1.82, 2.24) is 0 Å². The highest BCUT2D eigenvalue weighted by atomic mass is 35.5. The van der Waals surface area contributed by atoms with E-state index in [2.05, 4.69) is 29.9 Å². The molecule has 3 heteroatoms. The number of halogens is 1. The van der Waals surface area contributed by atoms with E-state index in [0.29, 0.717) is 0 Å². The Labute approximate surface area is 78.3 Å². The topological polar surface area (TPSA) is 9.23 Å². The van der Waals surface area contributed by atoms with Gasteiger partial charge >= 0.3 is 0 Å². The molecule has 0 aromatic rings. The zero-order valence-corrected chi connectivity index (χ0v) is 8.18. The van der Waals surface area contributed by atoms with Crippen LogP contribution in [0.25, 0.3) is 0 Å². The summed E-state index contributed by atoms with van der Waals surface area (Å²) in [5, 5.41) is 0. The Morgan fingerprint density at radius 3 is 2.73 bits per heavy atom. The van der Waals surface area contributed by atoms with Gasteiger partial charge < -0.3 is 0 Å². The minimum absolute atomic E-state index is 0.260. The zero-order valence-electron chi connectivity index (χ0n) is 6.53. The summed E-state index contributed by atoms with van der Waals surface area (Å²) in [4.78, 5) is 0. The Morgan fingerprint density at radius 1 is 1.64 bits per heavy atom. The molecule has 0 bridgehead atoms. The van der Waals surface area contributed by atoms with Crippen LogP contribution in [0.2, 0.25) is 0 Å². The maximum absolute atomic E-state index is 5.11. The molecular weight excluding hydrogens is 180 g/mol. The van der Waals surface area contributed by atoms with Gasteiger partial charge in [0.15, 0.2) is 0 Å². The van der Waals surface area contributed by atoms with Crippen molar-refractivity contribution < 1.29 is 4.29 Å². The highest BCUT2D eigenvalue weighted by Crippen LogP contribution is 2.34. The van der Waals surface area contributed by atoms with Crippen LogP contribution in [0.5, 0.6) is 0 Å². The lowest BCUT2D eigenvalue weighted by Gasteiger charge is -2.31. The zero-order chi connectivity index (χ0) is 8.27. The van der Waals surface area contributed by atoms with Crippen molar-refractivity contribution in [1.29, 1.82) is 0 Å². The van der Waals surface area contributed by atoms with E-state index in [4.69, 9.17) is 11.9 Å². The lowest BCUT2D eigenvalue weighted by Crippen LogP contribution is -2.20. The molecule has 3 atom stereocenters. The molecule has 0 aromatic heterocycles. The van der Waals surface area contributed by atoms with Crippen LogP contribution in [-0.4, -0.2) is 5.44 Å². The van der Waals surface area contributed by atoms with Crippen LogP contribution in [0.1, 0.15) is 19.8 Å². The van der Waals surface area contributed by atoms with Gasteiger partial charge in [0, 0.05) is 0 Å². The number of allylic oxidation sites excluding steroid dienone is 1. The summed E-state index contributed by atoms with van der Waals surface area (Å²) in [7, 11) is 0. The third-order valence-corrected chi connectivity index (χ3v) is 2.89. The van der Waals surface area contributed by atoms with Crippen LogP contribution in [0.3, 0.4) is 0 Å². The fraction of sp³-hybridized carbons (Fsp3) is 0.750. The lowest BCUT2D eigenvalue weighted by molar-refractivity contribution is 0.249. The van der Waals surface area contributed by atoms with Crippen molar-refractivity contribution in [2.45, 2.75) is 25.2 Å². The van der Waals surface area contributed by atoms with Crippen molar-refractivity contribution >= 4 is 24.5 Å². The summed E-state index contributed by atoms with van der Waals surface area (Å²) in [5.74, 6) is 1.54. The van der Waals surface area contributed by atoms with E-state index in [9.17, 15) is 0 Å². The van der Waals surface area contributed by atoms with Crippen molar-refractivity contribution in [3.8, 4) is 0 Å². The maximum atomic E-state index is 5.11. The Morgan fingerprint density at radius 2 is 2.36 bits per heavy atom. The van der Waals surface area contributed by atoms with Crippen molar-refractivity contribution in [2.24, 2.45) is 11.8 Å². The predicted octanol–water partition coefficient (Wildman–Crippen LogP) is 3.02. The van der Waals surface area contributed by atoms with E-state index in [1.54, 1.807) is 0 Å². The largest absolute Gasteiger partial charge is 0.261 e. The number of hydrogen-bond acceptors (Lipinski definition) is 2. The van der Waals surface area contributed by atoms with Gasteiger partial charge in [-0.3, -0.25) is 4.29 Å². The minimum Gasteiger partial charge on any atom is -0.261 e. The third kappa shape index (κ3) is 2.69. The van der Waals surface area contributed by atoms with E-state index in [-0.39, 0.29) is 5.44 Å². The average molecular weight is 193 g/mol. The summed E-state index contributed by atoms with van der Waals surface area (Å²) in [6.07, 6.45) is 6.68. The first-order valence-electron chi connectivity index (χ1n) is 3.88. The van der Waals surface area contributed by atoms with Crippen LogP contribution in [0.15, 0.2) is 12.2 Å². The monoisotopic (exact) mass is 192 g/mol. The van der Waals surface area contributed by atoms with Crippen LogP contribution in [0, 0.1) is 11.8 Å². The van der Waals surface area contributed by atoms with Crippen molar-refractivity contribution in [2.75, 3.05) is 0 Å². The summed E-state index contributed by atoms with van der Waals surface area (Å²) in [6, 6.07) is 0.